The number of carboxylic acids is 2. The number of hydrogen-bond acceptors (Lipinski definition) is 10. The molecule has 0 aliphatic carbocycles. The molecule has 0 atom stereocenters. The molecule has 12 nitrogen and oxygen atoms in total. The third-order valence-corrected chi connectivity index (χ3v) is 5.22. The van der Waals surface area contributed by atoms with E-state index in [-0.39, 0.29) is 36.7 Å². The van der Waals surface area contributed by atoms with E-state index in [0.717, 1.165) is 38.4 Å². The van der Waals surface area contributed by atoms with E-state index >= 15 is 0 Å². The number of nitrogens with zero attached hydrogens (tertiary/aromatic N) is 4. The minimum absolute atomic E-state index is 0. The summed E-state index contributed by atoms with van der Waals surface area (Å²) < 4.78 is 0. The van der Waals surface area contributed by atoms with Crippen LogP contribution < -0.4 is 21.9 Å². The van der Waals surface area contributed by atoms with Crippen molar-refractivity contribution < 1.29 is 19.8 Å². The van der Waals surface area contributed by atoms with Crippen LogP contribution >= 0.6 is 0 Å². The van der Waals surface area contributed by atoms with Crippen LogP contribution in [-0.2, 0) is 9.59 Å². The minimum atomic E-state index is -0.909. The SMILES string of the molecule is CCCCCCCCCCCC(=O)[O-].CCCCCCCCCCCC(=O)[O-].N=NC=NN.N=NC=NN.[Sn+2]. The summed E-state index contributed by atoms with van der Waals surface area (Å²) in [6.45, 7) is 4.44. The van der Waals surface area contributed by atoms with Crippen molar-refractivity contribution >= 4 is 48.5 Å². The molecule has 0 aromatic carbocycles. The second kappa shape index (κ2) is 48.9. The summed E-state index contributed by atoms with van der Waals surface area (Å²) in [6, 6.07) is 0. The van der Waals surface area contributed by atoms with E-state index < -0.39 is 11.9 Å². The Labute approximate surface area is 253 Å². The quantitative estimate of drug-likeness (QED) is 0.0243. The summed E-state index contributed by atoms with van der Waals surface area (Å²) in [5, 5.41) is 31.3. The van der Waals surface area contributed by atoms with E-state index in [1.54, 1.807) is 0 Å². The number of unbranched alkanes of at least 4 members (excludes halogenated alkanes) is 16. The molecule has 0 fully saturated rings. The average molecular weight is 661 g/mol. The Morgan fingerprint density at radius 1 is 0.564 bits per heavy atom. The Morgan fingerprint density at radius 3 is 0.949 bits per heavy atom. The smallest absolute Gasteiger partial charge is 0.550 e. The molecule has 6 N–H and O–H groups in total. The monoisotopic (exact) mass is 662 g/mol. The van der Waals surface area contributed by atoms with Crippen molar-refractivity contribution in [1.82, 2.24) is 0 Å². The first kappa shape index (κ1) is 46.7. The number of hydrazone groups is 2. The summed E-state index contributed by atoms with van der Waals surface area (Å²) in [5.74, 6) is 7.17. The third-order valence-electron chi connectivity index (χ3n) is 5.22. The van der Waals surface area contributed by atoms with Gasteiger partial charge >= 0.3 is 23.9 Å². The third kappa shape index (κ3) is 72.2. The summed E-state index contributed by atoms with van der Waals surface area (Å²) >= 11 is 0. The number of nitrogens with two attached hydrogens (primary N) is 2. The summed E-state index contributed by atoms with van der Waals surface area (Å²) in [6.07, 6.45) is 24.2. The van der Waals surface area contributed by atoms with Crippen LogP contribution in [0.25, 0.3) is 0 Å². The average Bonchev–Trinajstić information content (AvgIpc) is 2.88. The molecule has 226 valence electrons. The Hall–Kier alpha value is -2.12. The van der Waals surface area contributed by atoms with Gasteiger partial charge in [0.1, 0.15) is 0 Å². The maximum atomic E-state index is 10.1. The zero-order valence-corrected chi connectivity index (χ0v) is 27.2. The molecule has 2 radical (unpaired) electrons. The van der Waals surface area contributed by atoms with Gasteiger partial charge in [0, 0.05) is 11.9 Å². The van der Waals surface area contributed by atoms with Gasteiger partial charge in [0.15, 0.2) is 12.7 Å². The molecule has 0 bridgehead atoms. The summed E-state index contributed by atoms with van der Waals surface area (Å²) in [4.78, 5) is 20.2. The normalized spacial score (nSPS) is 9.69. The molecule has 13 heteroatoms. The Kier molecular flexibility index (Phi) is 58.6. The van der Waals surface area contributed by atoms with Crippen molar-refractivity contribution in [2.24, 2.45) is 32.1 Å². The predicted molar refractivity (Wildman–Crippen MR) is 155 cm³/mol. The Bertz CT molecular complexity index is 520. The predicted octanol–water partition coefficient (Wildman–Crippen LogP) is 4.77. The molecule has 0 aromatic rings. The number of aliphatic carboxylic acids is 2. The number of nitrogens with one attached hydrogen (secondary N) is 2. The van der Waals surface area contributed by atoms with Gasteiger partial charge in [-0.15, -0.1) is 10.2 Å². The molecule has 39 heavy (non-hydrogen) atoms. The van der Waals surface area contributed by atoms with Gasteiger partial charge in [0.2, 0.25) is 0 Å². The van der Waals surface area contributed by atoms with Crippen LogP contribution in [0.15, 0.2) is 20.4 Å². The van der Waals surface area contributed by atoms with E-state index in [2.05, 4.69) is 46.0 Å². The molecule has 0 heterocycles. The molecule has 0 unspecified atom stereocenters. The Balaban J connectivity index is -0.000000145. The van der Waals surface area contributed by atoms with Gasteiger partial charge in [0.25, 0.3) is 0 Å². The van der Waals surface area contributed by atoms with Gasteiger partial charge in [-0.25, -0.2) is 11.1 Å². The Morgan fingerprint density at radius 2 is 0.795 bits per heavy atom. The van der Waals surface area contributed by atoms with Crippen LogP contribution in [-0.4, -0.2) is 48.5 Å². The summed E-state index contributed by atoms with van der Waals surface area (Å²) in [5.41, 5.74) is 12.0. The first-order valence-electron chi connectivity index (χ1n) is 13.9. The molecule has 0 aliphatic rings. The van der Waals surface area contributed by atoms with Crippen LogP contribution in [0, 0.1) is 11.1 Å². The molecular weight excluding hydrogens is 607 g/mol. The largest absolute Gasteiger partial charge is 2.00 e. The molecule has 0 amide bonds. The van der Waals surface area contributed by atoms with Gasteiger partial charge in [-0.2, -0.15) is 10.2 Å². The van der Waals surface area contributed by atoms with Crippen molar-refractivity contribution in [3.63, 3.8) is 0 Å². The second-order valence-electron chi connectivity index (χ2n) is 8.69. The molecule has 0 rings (SSSR count). The van der Waals surface area contributed by atoms with Crippen LogP contribution in [0.1, 0.15) is 142 Å². The van der Waals surface area contributed by atoms with Gasteiger partial charge in [-0.3, -0.25) is 0 Å². The van der Waals surface area contributed by atoms with Crippen molar-refractivity contribution in [3.8, 4) is 0 Å². The van der Waals surface area contributed by atoms with Gasteiger partial charge in [-0.1, -0.05) is 117 Å². The number of carbonyl (C=O) groups is 2. The van der Waals surface area contributed by atoms with Crippen molar-refractivity contribution in [2.75, 3.05) is 0 Å². The molecule has 0 saturated carbocycles. The van der Waals surface area contributed by atoms with E-state index in [0.29, 0.717) is 0 Å². The number of carboxylic acid groups (broad SMARTS) is 2. The van der Waals surface area contributed by atoms with Crippen LogP contribution in [0.3, 0.4) is 0 Å². The van der Waals surface area contributed by atoms with Crippen molar-refractivity contribution in [1.29, 1.82) is 11.1 Å². The molecule has 0 aromatic heterocycles. The maximum Gasteiger partial charge on any atom is 2.00 e. The molecule has 0 aliphatic heterocycles. The van der Waals surface area contributed by atoms with E-state index in [4.69, 9.17) is 11.1 Å². The van der Waals surface area contributed by atoms with Crippen LogP contribution in [0.5, 0.6) is 0 Å². The van der Waals surface area contributed by atoms with E-state index in [1.165, 1.54) is 89.9 Å². The minimum Gasteiger partial charge on any atom is -0.550 e. The first-order chi connectivity index (χ1) is 18.4. The zero-order valence-electron chi connectivity index (χ0n) is 24.4. The fourth-order valence-corrected chi connectivity index (χ4v) is 3.23. The van der Waals surface area contributed by atoms with Gasteiger partial charge in [0.05, 0.1) is 0 Å². The topological polar surface area (TPSA) is 229 Å². The second-order valence-corrected chi connectivity index (χ2v) is 8.69. The zero-order chi connectivity index (χ0) is 29.5. The van der Waals surface area contributed by atoms with E-state index in [1.807, 2.05) is 0 Å². The fourth-order valence-electron chi connectivity index (χ4n) is 3.23. The van der Waals surface area contributed by atoms with Gasteiger partial charge < -0.3 is 31.5 Å². The fraction of sp³-hybridized carbons (Fsp3) is 0.846. The summed E-state index contributed by atoms with van der Waals surface area (Å²) in [7, 11) is 0. The van der Waals surface area contributed by atoms with Crippen LogP contribution in [0.2, 0.25) is 0 Å². The van der Waals surface area contributed by atoms with E-state index in [9.17, 15) is 19.8 Å². The molecule has 0 saturated heterocycles. The first-order valence-corrected chi connectivity index (χ1v) is 13.9. The van der Waals surface area contributed by atoms with Gasteiger partial charge in [-0.05, 0) is 25.7 Å². The molecule has 0 spiro atoms. The van der Waals surface area contributed by atoms with Crippen molar-refractivity contribution in [2.45, 2.75) is 142 Å². The number of hydrogen-bond donors (Lipinski definition) is 4. The molecular formula is C26H54N8O4Sn. The maximum absolute atomic E-state index is 10.1. The number of carbonyl (C=O) groups excluding carboxylic acids is 2. The van der Waals surface area contributed by atoms with Crippen LogP contribution in [0.4, 0.5) is 0 Å². The standard InChI is InChI=1S/2C12H24O2.2CH4N4.Sn/c2*1-2-3-4-5-6-7-8-9-10-11-12(13)14;2*2-4-1-5-3;/h2*2-11H2,1H3,(H,13,14);2*1-2H,3H2;/q;;;;+2/p-2. The number of rotatable bonds is 22. The van der Waals surface area contributed by atoms with Crippen molar-refractivity contribution in [3.05, 3.63) is 0 Å².